The summed E-state index contributed by atoms with van der Waals surface area (Å²) in [6.07, 6.45) is 6.43. The van der Waals surface area contributed by atoms with Gasteiger partial charge in [-0.1, -0.05) is 19.1 Å². The molecule has 1 aliphatic carbocycles. The molecule has 0 bridgehead atoms. The van der Waals surface area contributed by atoms with E-state index in [1.807, 2.05) is 19.1 Å². The first-order valence-corrected chi connectivity index (χ1v) is 4.30. The first kappa shape index (κ1) is 7.69. The fourth-order valence-electron chi connectivity index (χ4n) is 0.919. The minimum absolute atomic E-state index is 0.399. The third-order valence-corrected chi connectivity index (χ3v) is 2.12. The lowest BCUT2D eigenvalue weighted by atomic mass is 10.0. The Morgan fingerprint density at radius 2 is 2.50 bits per heavy atom. The Balaban J connectivity index is 2.76. The van der Waals surface area contributed by atoms with E-state index in [0.29, 0.717) is 10.8 Å². The topological polar surface area (TPSA) is 37.3 Å². The van der Waals surface area contributed by atoms with Crippen molar-refractivity contribution in [3.8, 4) is 0 Å². The Bertz CT molecular complexity index is 206. The van der Waals surface area contributed by atoms with E-state index in [9.17, 15) is 4.21 Å². The average molecular weight is 158 g/mol. The van der Waals surface area contributed by atoms with E-state index >= 15 is 0 Å². The molecule has 3 heteroatoms. The monoisotopic (exact) mass is 158 g/mol. The molecule has 2 unspecified atom stereocenters. The summed E-state index contributed by atoms with van der Waals surface area (Å²) in [6.45, 7) is 2.02. The first-order chi connectivity index (χ1) is 4.70. The quantitative estimate of drug-likeness (QED) is 0.589. The highest BCUT2D eigenvalue weighted by molar-refractivity contribution is 7.83. The minimum Gasteiger partial charge on any atom is -0.302 e. The first-order valence-electron chi connectivity index (χ1n) is 3.19. The zero-order chi connectivity index (χ0) is 7.56. The molecule has 0 saturated carbocycles. The molecule has 0 heterocycles. The fourth-order valence-corrected chi connectivity index (χ4v) is 1.48. The van der Waals surface area contributed by atoms with Gasteiger partial charge in [-0.3, -0.25) is 0 Å². The number of hydrogen-bond acceptors (Lipinski definition) is 1. The van der Waals surface area contributed by atoms with Crippen molar-refractivity contribution in [2.24, 2.45) is 5.92 Å². The molecule has 0 aromatic carbocycles. The van der Waals surface area contributed by atoms with E-state index < -0.39 is 11.1 Å². The number of allylic oxidation sites excluding steroid dienone is 3. The van der Waals surface area contributed by atoms with Crippen LogP contribution in [0.3, 0.4) is 0 Å². The molecule has 1 aliphatic rings. The maximum atomic E-state index is 10.5. The molecule has 1 rings (SSSR count). The van der Waals surface area contributed by atoms with Crippen molar-refractivity contribution in [2.45, 2.75) is 13.3 Å². The molecule has 0 radical (unpaired) electrons. The lowest BCUT2D eigenvalue weighted by Crippen LogP contribution is -1.98. The zero-order valence-corrected chi connectivity index (χ0v) is 6.60. The van der Waals surface area contributed by atoms with Crippen molar-refractivity contribution < 1.29 is 8.76 Å². The van der Waals surface area contributed by atoms with Crippen molar-refractivity contribution in [1.82, 2.24) is 0 Å². The standard InChI is InChI=1S/C7H10O2S/c1-6-3-2-4-7(5-6)10(8)9/h2,4-6H,3H2,1H3,(H,8,9). The van der Waals surface area contributed by atoms with Crippen LogP contribution in [0.15, 0.2) is 23.1 Å². The van der Waals surface area contributed by atoms with Gasteiger partial charge in [0.2, 0.25) is 0 Å². The van der Waals surface area contributed by atoms with Crippen LogP contribution >= 0.6 is 0 Å². The largest absolute Gasteiger partial charge is 0.302 e. The van der Waals surface area contributed by atoms with Crippen LogP contribution in [0.5, 0.6) is 0 Å². The SMILES string of the molecule is CC1C=C(S(=O)O)C=CC1. The van der Waals surface area contributed by atoms with Crippen LogP contribution in [0.1, 0.15) is 13.3 Å². The lowest BCUT2D eigenvalue weighted by molar-refractivity contribution is 0.570. The number of hydrogen-bond donors (Lipinski definition) is 1. The van der Waals surface area contributed by atoms with Crippen molar-refractivity contribution in [3.63, 3.8) is 0 Å². The molecular weight excluding hydrogens is 148 g/mol. The van der Waals surface area contributed by atoms with Gasteiger partial charge in [0.15, 0.2) is 11.1 Å². The summed E-state index contributed by atoms with van der Waals surface area (Å²) < 4.78 is 19.1. The summed E-state index contributed by atoms with van der Waals surface area (Å²) in [5.41, 5.74) is 0. The Kier molecular flexibility index (Phi) is 2.40. The summed E-state index contributed by atoms with van der Waals surface area (Å²) in [6, 6.07) is 0. The smallest absolute Gasteiger partial charge is 0.186 e. The van der Waals surface area contributed by atoms with Gasteiger partial charge >= 0.3 is 0 Å². The molecule has 0 fully saturated rings. The lowest BCUT2D eigenvalue weighted by Gasteiger charge is -2.08. The molecule has 2 atom stereocenters. The van der Waals surface area contributed by atoms with Gasteiger partial charge in [-0.2, -0.15) is 0 Å². The molecule has 2 nitrogen and oxygen atoms in total. The molecule has 0 aliphatic heterocycles. The van der Waals surface area contributed by atoms with Crippen molar-refractivity contribution in [2.75, 3.05) is 0 Å². The Morgan fingerprint density at radius 3 is 2.90 bits per heavy atom. The van der Waals surface area contributed by atoms with Gasteiger partial charge in [-0.05, 0) is 18.4 Å². The molecule has 56 valence electrons. The number of rotatable bonds is 1. The van der Waals surface area contributed by atoms with E-state index in [1.54, 1.807) is 6.08 Å². The molecule has 0 saturated heterocycles. The minimum atomic E-state index is -1.80. The van der Waals surface area contributed by atoms with Gasteiger partial charge in [-0.15, -0.1) is 0 Å². The van der Waals surface area contributed by atoms with Crippen molar-refractivity contribution >= 4 is 11.1 Å². The van der Waals surface area contributed by atoms with Crippen LogP contribution in [0.2, 0.25) is 0 Å². The van der Waals surface area contributed by atoms with Gasteiger partial charge in [0.1, 0.15) is 0 Å². The van der Waals surface area contributed by atoms with Gasteiger partial charge in [-0.25, -0.2) is 4.21 Å². The Hall–Kier alpha value is -0.410. The molecule has 10 heavy (non-hydrogen) atoms. The second kappa shape index (κ2) is 3.12. The molecule has 0 spiro atoms. The molecule has 1 N–H and O–H groups in total. The third kappa shape index (κ3) is 1.78. The predicted molar refractivity (Wildman–Crippen MR) is 41.8 cm³/mol. The van der Waals surface area contributed by atoms with Crippen LogP contribution in [-0.4, -0.2) is 8.76 Å². The van der Waals surface area contributed by atoms with Gasteiger partial charge < -0.3 is 4.55 Å². The highest BCUT2D eigenvalue weighted by Gasteiger charge is 2.07. The molecular formula is C7H10O2S. The van der Waals surface area contributed by atoms with Gasteiger partial charge in [0, 0.05) is 0 Å². The molecule has 0 aromatic rings. The van der Waals surface area contributed by atoms with Crippen LogP contribution in [0.4, 0.5) is 0 Å². The van der Waals surface area contributed by atoms with E-state index in [0.717, 1.165) is 6.42 Å². The Morgan fingerprint density at radius 1 is 1.80 bits per heavy atom. The third-order valence-electron chi connectivity index (χ3n) is 1.44. The van der Waals surface area contributed by atoms with Crippen LogP contribution in [0.25, 0.3) is 0 Å². The Labute approximate surface area is 62.9 Å². The second-order valence-corrected chi connectivity index (χ2v) is 3.40. The summed E-state index contributed by atoms with van der Waals surface area (Å²) >= 11 is -1.80. The predicted octanol–water partition coefficient (Wildman–Crippen LogP) is 1.69. The fraction of sp³-hybridized carbons (Fsp3) is 0.429. The van der Waals surface area contributed by atoms with Crippen molar-refractivity contribution in [3.05, 3.63) is 23.1 Å². The van der Waals surface area contributed by atoms with E-state index in [1.165, 1.54) is 0 Å². The summed E-state index contributed by atoms with van der Waals surface area (Å²) in [4.78, 5) is 0.527. The maximum Gasteiger partial charge on any atom is 0.186 e. The van der Waals surface area contributed by atoms with Crippen molar-refractivity contribution in [1.29, 1.82) is 0 Å². The van der Waals surface area contributed by atoms with Gasteiger partial charge in [0.05, 0.1) is 4.91 Å². The summed E-state index contributed by atoms with van der Waals surface area (Å²) in [5, 5.41) is 0. The van der Waals surface area contributed by atoms with Crippen LogP contribution in [-0.2, 0) is 11.1 Å². The summed E-state index contributed by atoms with van der Waals surface area (Å²) in [7, 11) is 0. The molecule has 0 aromatic heterocycles. The van der Waals surface area contributed by atoms with Crippen LogP contribution in [0, 0.1) is 5.92 Å². The van der Waals surface area contributed by atoms with Gasteiger partial charge in [0.25, 0.3) is 0 Å². The van der Waals surface area contributed by atoms with E-state index in [4.69, 9.17) is 4.55 Å². The van der Waals surface area contributed by atoms with E-state index in [2.05, 4.69) is 0 Å². The molecule has 0 amide bonds. The highest BCUT2D eigenvalue weighted by atomic mass is 32.2. The summed E-state index contributed by atoms with van der Waals surface area (Å²) in [5.74, 6) is 0.399. The average Bonchev–Trinajstić information content (AvgIpc) is 1.88. The van der Waals surface area contributed by atoms with Crippen LogP contribution < -0.4 is 0 Å². The van der Waals surface area contributed by atoms with E-state index in [-0.39, 0.29) is 0 Å². The second-order valence-electron chi connectivity index (χ2n) is 2.43. The zero-order valence-electron chi connectivity index (χ0n) is 5.78. The maximum absolute atomic E-state index is 10.5. The normalized spacial score (nSPS) is 27.8. The highest BCUT2D eigenvalue weighted by Crippen LogP contribution is 2.16.